The minimum absolute atomic E-state index is 0.00132. The zero-order valence-corrected chi connectivity index (χ0v) is 24.2. The van der Waals surface area contributed by atoms with Gasteiger partial charge in [0.1, 0.15) is 17.1 Å². The van der Waals surface area contributed by atoms with Crippen molar-refractivity contribution in [3.8, 4) is 10.6 Å². The van der Waals surface area contributed by atoms with Gasteiger partial charge in [-0.2, -0.15) is 13.2 Å². The molecule has 2 aliphatic heterocycles. The summed E-state index contributed by atoms with van der Waals surface area (Å²) in [4.78, 5) is 37.0. The van der Waals surface area contributed by atoms with E-state index in [1.807, 2.05) is 11.0 Å². The Hall–Kier alpha value is -4.04. The molecule has 2 amide bonds. The van der Waals surface area contributed by atoms with Gasteiger partial charge in [-0.15, -0.1) is 16.4 Å². The third kappa shape index (κ3) is 6.34. The van der Waals surface area contributed by atoms with Gasteiger partial charge in [0.05, 0.1) is 21.7 Å². The largest absolute Gasteiger partial charge is 0.444 e. The van der Waals surface area contributed by atoms with Crippen molar-refractivity contribution in [2.24, 2.45) is 0 Å². The normalized spacial score (nSPS) is 17.0. The number of aromatic amines is 1. The first-order valence-electron chi connectivity index (χ1n) is 14.1. The molecule has 4 heterocycles. The summed E-state index contributed by atoms with van der Waals surface area (Å²) in [5, 5.41) is 11.1. The number of halogens is 3. The number of thiazole rings is 1. The van der Waals surface area contributed by atoms with Gasteiger partial charge in [-0.1, -0.05) is 17.3 Å². The average molecular weight is 614 g/mol. The molecule has 14 heteroatoms. The van der Waals surface area contributed by atoms with E-state index in [9.17, 15) is 22.8 Å². The summed E-state index contributed by atoms with van der Waals surface area (Å²) in [6.45, 7) is 5.75. The maximum atomic E-state index is 13.0. The highest BCUT2D eigenvalue weighted by Gasteiger charge is 2.32. The van der Waals surface area contributed by atoms with E-state index in [1.54, 1.807) is 24.0 Å². The molecule has 2 aromatic heterocycles. The Bertz CT molecular complexity index is 1610. The number of likely N-dealkylation sites (tertiary alicyclic amines) is 1. The first-order valence-corrected chi connectivity index (χ1v) is 14.9. The highest BCUT2D eigenvalue weighted by molar-refractivity contribution is 7.15. The van der Waals surface area contributed by atoms with Gasteiger partial charge < -0.3 is 14.5 Å². The summed E-state index contributed by atoms with van der Waals surface area (Å²) < 4.78 is 44.2. The molecular weight excluding hydrogens is 583 g/mol. The van der Waals surface area contributed by atoms with E-state index >= 15 is 0 Å². The minimum atomic E-state index is -4.39. The number of hydrogen-bond acceptors (Lipinski definition) is 8. The summed E-state index contributed by atoms with van der Waals surface area (Å²) in [6.07, 6.45) is -3.05. The van der Waals surface area contributed by atoms with E-state index in [-0.39, 0.29) is 12.5 Å². The summed E-state index contributed by atoms with van der Waals surface area (Å²) >= 11 is 1.30. The lowest BCUT2D eigenvalue weighted by molar-refractivity contribution is -0.137. The molecule has 0 aliphatic carbocycles. The van der Waals surface area contributed by atoms with Crippen molar-refractivity contribution >= 4 is 34.4 Å². The number of carbonyl (C=O) groups excluding carboxylic acids is 2. The van der Waals surface area contributed by atoms with Crippen molar-refractivity contribution in [2.45, 2.75) is 38.6 Å². The molecule has 0 radical (unpaired) electrons. The highest BCUT2D eigenvalue weighted by atomic mass is 32.1. The Labute approximate surface area is 249 Å². The predicted octanol–water partition coefficient (Wildman–Crippen LogP) is 4.97. The van der Waals surface area contributed by atoms with Crippen molar-refractivity contribution in [2.75, 3.05) is 39.3 Å². The van der Waals surface area contributed by atoms with Crippen LogP contribution in [0.25, 0.3) is 21.6 Å². The maximum Gasteiger partial charge on any atom is 0.416 e. The molecule has 0 atom stereocenters. The van der Waals surface area contributed by atoms with Crippen LogP contribution in [0.4, 0.5) is 18.0 Å². The molecule has 43 heavy (non-hydrogen) atoms. The van der Waals surface area contributed by atoms with E-state index in [4.69, 9.17) is 4.74 Å². The number of carbonyl (C=O) groups is 2. The summed E-state index contributed by atoms with van der Waals surface area (Å²) in [7, 11) is 0. The van der Waals surface area contributed by atoms with Gasteiger partial charge >= 0.3 is 12.3 Å². The number of amides is 2. The van der Waals surface area contributed by atoms with Gasteiger partial charge in [0.25, 0.3) is 5.91 Å². The second-order valence-electron chi connectivity index (χ2n) is 10.7. The molecule has 0 saturated carbocycles. The molecule has 226 valence electrons. The molecule has 4 aromatic rings. The molecule has 0 spiro atoms. The average Bonchev–Trinajstić information content (AvgIpc) is 3.65. The molecule has 6 rings (SSSR count). The number of H-pyrrole nitrogens is 1. The number of hydrogen-bond donors (Lipinski definition) is 1. The lowest BCUT2D eigenvalue weighted by atomic mass is 10.0. The quantitative estimate of drug-likeness (QED) is 0.339. The molecule has 1 N–H and O–H groups in total. The van der Waals surface area contributed by atoms with Crippen molar-refractivity contribution in [1.29, 1.82) is 0 Å². The van der Waals surface area contributed by atoms with Gasteiger partial charge in [0.15, 0.2) is 0 Å². The van der Waals surface area contributed by atoms with Crippen LogP contribution in [0.1, 0.15) is 39.3 Å². The Morgan fingerprint density at radius 1 is 1.00 bits per heavy atom. The van der Waals surface area contributed by atoms with Crippen LogP contribution in [0.15, 0.2) is 42.5 Å². The third-order valence-electron chi connectivity index (χ3n) is 8.09. The number of piperidine rings is 1. The Kier molecular flexibility index (Phi) is 8.05. The number of piperazine rings is 1. The summed E-state index contributed by atoms with van der Waals surface area (Å²) in [5.74, 6) is -0.00132. The van der Waals surface area contributed by atoms with Gasteiger partial charge in [0, 0.05) is 56.4 Å². The van der Waals surface area contributed by atoms with Crippen LogP contribution in [-0.2, 0) is 17.5 Å². The number of aromatic nitrogens is 4. The van der Waals surface area contributed by atoms with E-state index in [2.05, 4.69) is 25.3 Å². The zero-order valence-electron chi connectivity index (χ0n) is 23.4. The van der Waals surface area contributed by atoms with Gasteiger partial charge in [0.2, 0.25) is 0 Å². The molecular formula is C29H30F3N7O3S. The molecule has 10 nitrogen and oxygen atoms in total. The van der Waals surface area contributed by atoms with Crippen molar-refractivity contribution in [3.63, 3.8) is 0 Å². The van der Waals surface area contributed by atoms with Crippen LogP contribution in [0.3, 0.4) is 0 Å². The fourth-order valence-electron chi connectivity index (χ4n) is 5.57. The van der Waals surface area contributed by atoms with Crippen LogP contribution in [0.5, 0.6) is 0 Å². The van der Waals surface area contributed by atoms with Gasteiger partial charge in [-0.05, 0) is 50.1 Å². The number of alkyl halides is 3. The molecule has 2 fully saturated rings. The Balaban J connectivity index is 0.955. The first kappa shape index (κ1) is 29.1. The number of ether oxygens (including phenoxy) is 1. The van der Waals surface area contributed by atoms with Crippen LogP contribution in [0, 0.1) is 6.92 Å². The minimum Gasteiger partial charge on any atom is -0.444 e. The monoisotopic (exact) mass is 613 g/mol. The van der Waals surface area contributed by atoms with Crippen LogP contribution in [0.2, 0.25) is 0 Å². The number of rotatable bonds is 5. The number of aryl methyl sites for hydroxylation is 1. The van der Waals surface area contributed by atoms with Crippen molar-refractivity contribution < 1.29 is 27.5 Å². The van der Waals surface area contributed by atoms with Crippen LogP contribution in [-0.4, -0.2) is 92.4 Å². The van der Waals surface area contributed by atoms with Crippen molar-refractivity contribution in [1.82, 2.24) is 35.1 Å². The standard InChI is InChI=1S/C29H30F3N7O3S/c1-18-25(43-26(33-18)19-2-5-21(6-3-19)29(30,31)32)17-42-28(41)39-14-12-37(13-15-39)22-8-10-38(11-9-22)27(40)20-4-7-23-24(16-20)35-36-34-23/h2-7,16,22H,8-15,17H2,1H3,(H,34,35,36). The summed E-state index contributed by atoms with van der Waals surface area (Å²) in [5.41, 5.74) is 2.62. The second-order valence-corrected chi connectivity index (χ2v) is 11.8. The topological polar surface area (TPSA) is 108 Å². The molecule has 2 aromatic carbocycles. The number of fused-ring (bicyclic) bond motifs is 1. The lowest BCUT2D eigenvalue weighted by Gasteiger charge is -2.42. The van der Waals surface area contributed by atoms with Crippen LogP contribution >= 0.6 is 11.3 Å². The van der Waals surface area contributed by atoms with E-state index in [0.717, 1.165) is 48.5 Å². The SMILES string of the molecule is Cc1nc(-c2ccc(C(F)(F)F)cc2)sc1COC(=O)N1CCN(C2CCN(C(=O)c3ccc4[nH]nnc4c3)CC2)CC1. The smallest absolute Gasteiger partial charge is 0.416 e. The first-order chi connectivity index (χ1) is 20.7. The van der Waals surface area contributed by atoms with Gasteiger partial charge in [-0.3, -0.25) is 14.8 Å². The third-order valence-corrected chi connectivity index (χ3v) is 9.27. The zero-order chi connectivity index (χ0) is 30.1. The molecule has 0 bridgehead atoms. The maximum absolute atomic E-state index is 13.0. The van der Waals surface area contributed by atoms with E-state index in [0.29, 0.717) is 59.6 Å². The lowest BCUT2D eigenvalue weighted by Crippen LogP contribution is -2.54. The fraction of sp³-hybridized carbons (Fsp3) is 0.414. The number of benzene rings is 2. The molecule has 0 unspecified atom stereocenters. The number of nitrogens with zero attached hydrogens (tertiary/aromatic N) is 6. The fourth-order valence-corrected chi connectivity index (χ4v) is 6.55. The predicted molar refractivity (Wildman–Crippen MR) is 153 cm³/mol. The second kappa shape index (κ2) is 11.9. The van der Waals surface area contributed by atoms with E-state index < -0.39 is 17.8 Å². The highest BCUT2D eigenvalue weighted by Crippen LogP contribution is 2.33. The van der Waals surface area contributed by atoms with Gasteiger partial charge in [-0.25, -0.2) is 9.78 Å². The van der Waals surface area contributed by atoms with Crippen LogP contribution < -0.4 is 0 Å². The van der Waals surface area contributed by atoms with E-state index in [1.165, 1.54) is 23.5 Å². The number of nitrogens with one attached hydrogen (secondary N) is 1. The Morgan fingerprint density at radius 2 is 1.72 bits per heavy atom. The summed E-state index contributed by atoms with van der Waals surface area (Å²) in [6, 6.07) is 10.6. The Morgan fingerprint density at radius 3 is 2.42 bits per heavy atom. The van der Waals surface area contributed by atoms with Crippen molar-refractivity contribution in [3.05, 3.63) is 64.2 Å². The molecule has 2 saturated heterocycles. The molecule has 2 aliphatic rings.